The first-order valence-electron chi connectivity index (χ1n) is 8.07. The number of halogens is 1. The van der Waals surface area contributed by atoms with Crippen LogP contribution in [0.1, 0.15) is 10.4 Å². The van der Waals surface area contributed by atoms with Gasteiger partial charge in [-0.2, -0.15) is 0 Å². The Morgan fingerprint density at radius 2 is 1.89 bits per heavy atom. The number of carbonyl (C=O) groups excluding carboxylic acids is 1. The summed E-state index contributed by atoms with van der Waals surface area (Å²) in [5.74, 6) is 0.303. The Labute approximate surface area is 162 Å². The van der Waals surface area contributed by atoms with E-state index in [-0.39, 0.29) is 16.3 Å². The van der Waals surface area contributed by atoms with E-state index in [2.05, 4.69) is 0 Å². The van der Waals surface area contributed by atoms with Crippen molar-refractivity contribution >= 4 is 33.0 Å². The molecule has 0 bridgehead atoms. The third kappa shape index (κ3) is 3.94. The fraction of sp³-hybridized carbons (Fsp3) is 0.211. The van der Waals surface area contributed by atoms with Gasteiger partial charge >= 0.3 is 0 Å². The molecule has 0 radical (unpaired) electrons. The Morgan fingerprint density at radius 3 is 2.48 bits per heavy atom. The Morgan fingerprint density at radius 1 is 1.15 bits per heavy atom. The molecule has 0 spiro atoms. The summed E-state index contributed by atoms with van der Waals surface area (Å²) >= 11 is 6.20. The van der Waals surface area contributed by atoms with Gasteiger partial charge in [-0.25, -0.2) is 8.42 Å². The third-order valence-electron chi connectivity index (χ3n) is 4.21. The van der Waals surface area contributed by atoms with Crippen LogP contribution in [0, 0.1) is 0 Å². The summed E-state index contributed by atoms with van der Waals surface area (Å²) in [5, 5.41) is 1.41. The van der Waals surface area contributed by atoms with Crippen molar-refractivity contribution < 1.29 is 22.7 Å². The van der Waals surface area contributed by atoms with Crippen molar-refractivity contribution in [3.05, 3.63) is 64.5 Å². The van der Waals surface area contributed by atoms with Crippen molar-refractivity contribution in [3.8, 4) is 11.5 Å². The van der Waals surface area contributed by atoms with Crippen molar-refractivity contribution in [2.75, 3.05) is 24.9 Å². The highest BCUT2D eigenvalue weighted by atomic mass is 35.5. The van der Waals surface area contributed by atoms with E-state index in [1.165, 1.54) is 25.2 Å². The predicted octanol–water partition coefficient (Wildman–Crippen LogP) is 3.31. The molecule has 0 N–H and O–H groups in total. The predicted molar refractivity (Wildman–Crippen MR) is 105 cm³/mol. The van der Waals surface area contributed by atoms with E-state index < -0.39 is 21.8 Å². The molecule has 0 saturated heterocycles. The van der Waals surface area contributed by atoms with Gasteiger partial charge in [0.05, 0.1) is 42.3 Å². The van der Waals surface area contributed by atoms with Crippen LogP contribution in [0.25, 0.3) is 0 Å². The average molecular weight is 408 g/mol. The quantitative estimate of drug-likeness (QED) is 0.760. The zero-order valence-corrected chi connectivity index (χ0v) is 16.3. The number of hydrogen-bond donors (Lipinski definition) is 0. The number of rotatable bonds is 5. The van der Waals surface area contributed by atoms with Crippen LogP contribution in [-0.4, -0.2) is 40.3 Å². The average Bonchev–Trinajstić information content (AvgIpc) is 3.01. The van der Waals surface area contributed by atoms with Crippen LogP contribution in [-0.2, 0) is 9.84 Å². The van der Waals surface area contributed by atoms with E-state index in [9.17, 15) is 13.2 Å². The third-order valence-corrected chi connectivity index (χ3v) is 5.92. The lowest BCUT2D eigenvalue weighted by molar-refractivity contribution is 0.0982. The summed E-state index contributed by atoms with van der Waals surface area (Å²) in [6, 6.07) is 10.9. The topological polar surface area (TPSA) is 72.9 Å². The molecule has 142 valence electrons. The van der Waals surface area contributed by atoms with Crippen molar-refractivity contribution in [1.82, 2.24) is 0 Å². The highest BCUT2D eigenvalue weighted by Gasteiger charge is 2.34. The Hall–Kier alpha value is -2.51. The summed E-state index contributed by atoms with van der Waals surface area (Å²) in [4.78, 5) is 14.7. The van der Waals surface area contributed by atoms with Crippen molar-refractivity contribution in [2.24, 2.45) is 0 Å². The largest absolute Gasteiger partial charge is 0.497 e. The molecule has 1 atom stereocenters. The highest BCUT2D eigenvalue weighted by molar-refractivity contribution is 7.94. The van der Waals surface area contributed by atoms with E-state index in [4.69, 9.17) is 21.1 Å². The van der Waals surface area contributed by atoms with E-state index >= 15 is 0 Å². The number of sulfone groups is 1. The number of hydrogen-bond acceptors (Lipinski definition) is 5. The molecule has 1 heterocycles. The highest BCUT2D eigenvalue weighted by Crippen LogP contribution is 2.36. The van der Waals surface area contributed by atoms with Gasteiger partial charge in [0.2, 0.25) is 0 Å². The second-order valence-corrected chi connectivity index (χ2v) is 8.26. The van der Waals surface area contributed by atoms with E-state index in [1.807, 2.05) is 0 Å². The van der Waals surface area contributed by atoms with Crippen LogP contribution in [0.3, 0.4) is 0 Å². The number of methoxy groups -OCH3 is 2. The number of amides is 1. The van der Waals surface area contributed by atoms with Crippen molar-refractivity contribution in [2.45, 2.75) is 6.04 Å². The summed E-state index contributed by atoms with van der Waals surface area (Å²) in [5.41, 5.74) is 0.699. The Balaban J connectivity index is 2.13. The van der Waals surface area contributed by atoms with E-state index in [0.29, 0.717) is 17.2 Å². The molecule has 1 amide bonds. The maximum absolute atomic E-state index is 13.3. The molecule has 6 nitrogen and oxygen atoms in total. The molecule has 2 aromatic rings. The van der Waals surface area contributed by atoms with Crippen molar-refractivity contribution in [3.63, 3.8) is 0 Å². The molecule has 0 aliphatic carbocycles. The fourth-order valence-corrected chi connectivity index (χ4v) is 4.39. The lowest BCUT2D eigenvalue weighted by atomic mass is 10.1. The van der Waals surface area contributed by atoms with Gasteiger partial charge in [-0.15, -0.1) is 0 Å². The molecule has 0 saturated carbocycles. The van der Waals surface area contributed by atoms with Crippen LogP contribution >= 0.6 is 11.6 Å². The Bertz CT molecular complexity index is 1000. The lowest BCUT2D eigenvalue weighted by Gasteiger charge is -2.29. The van der Waals surface area contributed by atoms with Gasteiger partial charge in [-0.05, 0) is 30.3 Å². The van der Waals surface area contributed by atoms with Gasteiger partial charge in [0.1, 0.15) is 11.5 Å². The standard InChI is InChI=1S/C19H18ClNO5S/c1-25-14-7-8-17(18(11-14)26-2)21(13-9-10-27(23,24)12-13)19(22)15-5-3-4-6-16(15)20/h3-11,13H,12H2,1-2H3. The molecule has 1 aliphatic heterocycles. The molecular weight excluding hydrogens is 390 g/mol. The van der Waals surface area contributed by atoms with Gasteiger partial charge in [-0.1, -0.05) is 23.7 Å². The minimum Gasteiger partial charge on any atom is -0.497 e. The van der Waals surface area contributed by atoms with Crippen LogP contribution in [0.2, 0.25) is 5.02 Å². The smallest absolute Gasteiger partial charge is 0.260 e. The zero-order chi connectivity index (χ0) is 19.6. The summed E-state index contributed by atoms with van der Waals surface area (Å²) in [6.07, 6.45) is 1.49. The van der Waals surface area contributed by atoms with Gasteiger partial charge in [0.25, 0.3) is 5.91 Å². The fourth-order valence-electron chi connectivity index (χ4n) is 2.91. The van der Waals surface area contributed by atoms with Crippen LogP contribution in [0.15, 0.2) is 53.9 Å². The number of ether oxygens (including phenoxy) is 2. The van der Waals surface area contributed by atoms with Crippen LogP contribution in [0.5, 0.6) is 11.5 Å². The normalized spacial score (nSPS) is 17.5. The molecule has 2 aromatic carbocycles. The lowest BCUT2D eigenvalue weighted by Crippen LogP contribution is -2.41. The molecular formula is C19H18ClNO5S. The summed E-state index contributed by atoms with van der Waals surface area (Å²) in [6.45, 7) is 0. The minimum absolute atomic E-state index is 0.210. The molecule has 1 aliphatic rings. The van der Waals surface area contributed by atoms with Crippen LogP contribution < -0.4 is 14.4 Å². The van der Waals surface area contributed by atoms with Crippen LogP contribution in [0.4, 0.5) is 5.69 Å². The first-order valence-corrected chi connectivity index (χ1v) is 10.2. The molecule has 3 rings (SSSR count). The number of nitrogens with zero attached hydrogens (tertiary/aromatic N) is 1. The molecule has 0 aromatic heterocycles. The van der Waals surface area contributed by atoms with Gasteiger partial charge in [0, 0.05) is 11.5 Å². The summed E-state index contributed by atoms with van der Waals surface area (Å²) < 4.78 is 34.5. The van der Waals surface area contributed by atoms with E-state index in [0.717, 1.165) is 5.41 Å². The van der Waals surface area contributed by atoms with Crippen molar-refractivity contribution in [1.29, 1.82) is 0 Å². The molecule has 27 heavy (non-hydrogen) atoms. The SMILES string of the molecule is COc1ccc(N(C(=O)c2ccccc2Cl)C2C=CS(=O)(=O)C2)c(OC)c1. The number of anilines is 1. The summed E-state index contributed by atoms with van der Waals surface area (Å²) in [7, 11) is -0.389. The molecule has 0 fully saturated rings. The number of benzene rings is 2. The van der Waals surface area contributed by atoms with E-state index in [1.54, 1.807) is 42.5 Å². The second-order valence-electron chi connectivity index (χ2n) is 5.92. The number of carbonyl (C=O) groups is 1. The Kier molecular flexibility index (Phi) is 5.43. The second kappa shape index (κ2) is 7.62. The monoisotopic (exact) mass is 407 g/mol. The zero-order valence-electron chi connectivity index (χ0n) is 14.8. The molecule has 1 unspecified atom stereocenters. The van der Waals surface area contributed by atoms with Gasteiger partial charge in [-0.3, -0.25) is 9.69 Å². The first-order chi connectivity index (χ1) is 12.9. The first kappa shape index (κ1) is 19.3. The minimum atomic E-state index is -3.38. The molecule has 8 heteroatoms. The van der Waals surface area contributed by atoms with Gasteiger partial charge < -0.3 is 9.47 Å². The van der Waals surface area contributed by atoms with Gasteiger partial charge in [0.15, 0.2) is 9.84 Å². The maximum atomic E-state index is 13.3. The maximum Gasteiger partial charge on any atom is 0.260 e.